The molecule has 0 aliphatic rings. The van der Waals surface area contributed by atoms with Gasteiger partial charge in [0.25, 0.3) is 0 Å². The van der Waals surface area contributed by atoms with Crippen LogP contribution in [-0.2, 0) is 4.79 Å². The highest BCUT2D eigenvalue weighted by Gasteiger charge is 2.43. The maximum absolute atomic E-state index is 13.1. The van der Waals surface area contributed by atoms with Crippen molar-refractivity contribution >= 4 is 5.97 Å². The quantitative estimate of drug-likeness (QED) is 0.849. The van der Waals surface area contributed by atoms with Crippen molar-refractivity contribution in [3.63, 3.8) is 0 Å². The first-order chi connectivity index (χ1) is 6.84. The van der Waals surface area contributed by atoms with Gasteiger partial charge in [-0.25, -0.2) is 9.18 Å². The van der Waals surface area contributed by atoms with Crippen LogP contribution < -0.4 is 4.74 Å². The number of carboxylic acids is 1. The molecule has 0 saturated carbocycles. The van der Waals surface area contributed by atoms with E-state index in [1.165, 1.54) is 19.1 Å². The Morgan fingerprint density at radius 2 is 2.07 bits per heavy atom. The maximum Gasteiger partial charge on any atom is 0.502 e. The number of aliphatic carboxylic acids is 1. The molecule has 3 nitrogen and oxygen atoms in total. The lowest BCUT2D eigenvalue weighted by Crippen LogP contribution is -2.35. The first-order valence-electron chi connectivity index (χ1n) is 3.90. The van der Waals surface area contributed by atoms with Gasteiger partial charge in [0.05, 0.1) is 0 Å². The molecule has 0 aliphatic carbocycles. The van der Waals surface area contributed by atoms with E-state index in [9.17, 15) is 18.0 Å². The lowest BCUT2D eigenvalue weighted by atomic mass is 10.2. The molecular formula is C9H7F3O3. The second-order valence-corrected chi connectivity index (χ2v) is 2.81. The standard InChI is InChI=1S/C9H7F3O3/c1-5-3-2-4-6(7(5)10)15-9(11,12)8(13)14/h2-4H,1H3,(H,13,14). The van der Waals surface area contributed by atoms with Gasteiger partial charge in [-0.3, -0.25) is 0 Å². The van der Waals surface area contributed by atoms with Gasteiger partial charge in [-0.05, 0) is 18.6 Å². The molecule has 0 atom stereocenters. The third kappa shape index (κ3) is 2.39. The van der Waals surface area contributed by atoms with Crippen LogP contribution in [0.25, 0.3) is 0 Å². The van der Waals surface area contributed by atoms with Crippen LogP contribution in [0.15, 0.2) is 18.2 Å². The lowest BCUT2D eigenvalue weighted by Gasteiger charge is -2.14. The number of rotatable bonds is 3. The number of ether oxygens (including phenoxy) is 1. The highest BCUT2D eigenvalue weighted by molar-refractivity contribution is 5.73. The summed E-state index contributed by atoms with van der Waals surface area (Å²) in [5.74, 6) is -4.26. The van der Waals surface area contributed by atoms with Gasteiger partial charge in [0.2, 0.25) is 0 Å². The molecule has 0 unspecified atom stereocenters. The number of aryl methyl sites for hydroxylation is 1. The smallest absolute Gasteiger partial charge is 0.474 e. The van der Waals surface area contributed by atoms with Crippen LogP contribution in [0.4, 0.5) is 13.2 Å². The number of benzene rings is 1. The highest BCUT2D eigenvalue weighted by Crippen LogP contribution is 2.26. The van der Waals surface area contributed by atoms with Gasteiger partial charge in [0.15, 0.2) is 11.6 Å². The lowest BCUT2D eigenvalue weighted by molar-refractivity contribution is -0.211. The topological polar surface area (TPSA) is 46.5 Å². The molecular weight excluding hydrogens is 213 g/mol. The molecule has 15 heavy (non-hydrogen) atoms. The first-order valence-corrected chi connectivity index (χ1v) is 3.90. The van der Waals surface area contributed by atoms with E-state index in [0.717, 1.165) is 6.07 Å². The normalized spacial score (nSPS) is 11.2. The average molecular weight is 220 g/mol. The van der Waals surface area contributed by atoms with Gasteiger partial charge in [0, 0.05) is 0 Å². The van der Waals surface area contributed by atoms with E-state index >= 15 is 0 Å². The Hall–Kier alpha value is -1.72. The number of hydrogen-bond donors (Lipinski definition) is 1. The van der Waals surface area contributed by atoms with Crippen molar-refractivity contribution in [3.05, 3.63) is 29.6 Å². The molecule has 0 saturated heterocycles. The van der Waals surface area contributed by atoms with E-state index < -0.39 is 23.6 Å². The van der Waals surface area contributed by atoms with E-state index in [2.05, 4.69) is 4.74 Å². The van der Waals surface area contributed by atoms with Crippen LogP contribution in [0.3, 0.4) is 0 Å². The molecule has 0 heterocycles. The monoisotopic (exact) mass is 220 g/mol. The molecule has 1 N–H and O–H groups in total. The summed E-state index contributed by atoms with van der Waals surface area (Å²) < 4.78 is 42.0. The number of alkyl halides is 2. The number of carboxylic acid groups (broad SMARTS) is 1. The van der Waals surface area contributed by atoms with Crippen LogP contribution in [0.1, 0.15) is 5.56 Å². The summed E-state index contributed by atoms with van der Waals surface area (Å²) in [4.78, 5) is 10.0. The molecule has 0 aliphatic heterocycles. The van der Waals surface area contributed by atoms with Crippen molar-refractivity contribution in [2.24, 2.45) is 0 Å². The van der Waals surface area contributed by atoms with Gasteiger partial charge in [-0.15, -0.1) is 0 Å². The molecule has 0 spiro atoms. The van der Waals surface area contributed by atoms with Crippen molar-refractivity contribution in [2.45, 2.75) is 13.0 Å². The number of hydrogen-bond acceptors (Lipinski definition) is 2. The molecule has 0 amide bonds. The molecule has 82 valence electrons. The average Bonchev–Trinajstić information content (AvgIpc) is 2.12. The number of halogens is 3. The summed E-state index contributed by atoms with van der Waals surface area (Å²) in [5.41, 5.74) is 0.0914. The van der Waals surface area contributed by atoms with Crippen molar-refractivity contribution in [1.29, 1.82) is 0 Å². The fourth-order valence-electron chi connectivity index (χ4n) is 0.881. The van der Waals surface area contributed by atoms with E-state index in [4.69, 9.17) is 5.11 Å². The Kier molecular flexibility index (Phi) is 2.88. The van der Waals surface area contributed by atoms with Gasteiger partial charge in [-0.1, -0.05) is 12.1 Å². The van der Waals surface area contributed by atoms with E-state index in [-0.39, 0.29) is 5.56 Å². The molecule has 1 aromatic rings. The van der Waals surface area contributed by atoms with E-state index in [1.807, 2.05) is 0 Å². The summed E-state index contributed by atoms with van der Waals surface area (Å²) >= 11 is 0. The van der Waals surface area contributed by atoms with Gasteiger partial charge in [0.1, 0.15) is 0 Å². The third-order valence-electron chi connectivity index (χ3n) is 1.64. The second-order valence-electron chi connectivity index (χ2n) is 2.81. The van der Waals surface area contributed by atoms with Crippen molar-refractivity contribution in [3.8, 4) is 5.75 Å². The third-order valence-corrected chi connectivity index (χ3v) is 1.64. The van der Waals surface area contributed by atoms with Gasteiger partial charge >= 0.3 is 12.1 Å². The van der Waals surface area contributed by atoms with Gasteiger partial charge in [-0.2, -0.15) is 8.78 Å². The zero-order chi connectivity index (χ0) is 11.6. The van der Waals surface area contributed by atoms with E-state index in [1.54, 1.807) is 0 Å². The molecule has 1 aromatic carbocycles. The Morgan fingerprint density at radius 1 is 1.47 bits per heavy atom. The van der Waals surface area contributed by atoms with Gasteiger partial charge < -0.3 is 9.84 Å². The maximum atomic E-state index is 13.1. The molecule has 1 rings (SSSR count). The fraction of sp³-hybridized carbons (Fsp3) is 0.222. The zero-order valence-electron chi connectivity index (χ0n) is 7.63. The first kappa shape index (κ1) is 11.4. The predicted octanol–water partition coefficient (Wildman–Crippen LogP) is 2.19. The Morgan fingerprint density at radius 3 is 2.60 bits per heavy atom. The summed E-state index contributed by atoms with van der Waals surface area (Å²) in [6.07, 6.45) is -4.44. The second kappa shape index (κ2) is 3.80. The highest BCUT2D eigenvalue weighted by atomic mass is 19.3. The van der Waals surface area contributed by atoms with Crippen molar-refractivity contribution < 1.29 is 27.8 Å². The van der Waals surface area contributed by atoms with Crippen LogP contribution in [0.2, 0.25) is 0 Å². The summed E-state index contributed by atoms with van der Waals surface area (Å²) in [7, 11) is 0. The minimum absolute atomic E-state index is 0.0914. The minimum Gasteiger partial charge on any atom is -0.474 e. The molecule has 0 aromatic heterocycles. The summed E-state index contributed by atoms with van der Waals surface area (Å²) in [6, 6.07) is 3.56. The van der Waals surface area contributed by atoms with Crippen molar-refractivity contribution in [2.75, 3.05) is 0 Å². The summed E-state index contributed by atoms with van der Waals surface area (Å²) in [5, 5.41) is 8.07. The molecule has 6 heteroatoms. The summed E-state index contributed by atoms with van der Waals surface area (Å²) in [6.45, 7) is 1.35. The minimum atomic E-state index is -4.44. The van der Waals surface area contributed by atoms with Crippen LogP contribution in [-0.4, -0.2) is 17.2 Å². The predicted molar refractivity (Wildman–Crippen MR) is 44.3 cm³/mol. The van der Waals surface area contributed by atoms with E-state index in [0.29, 0.717) is 0 Å². The Labute approximate surface area is 83.1 Å². The van der Waals surface area contributed by atoms with Crippen molar-refractivity contribution in [1.82, 2.24) is 0 Å². The SMILES string of the molecule is Cc1cccc(OC(F)(F)C(=O)O)c1F. The van der Waals surface area contributed by atoms with Crippen LogP contribution in [0, 0.1) is 12.7 Å². The molecule has 0 bridgehead atoms. The zero-order valence-corrected chi connectivity index (χ0v) is 7.63. The molecule has 0 fully saturated rings. The fourth-order valence-corrected chi connectivity index (χ4v) is 0.881. The van der Waals surface area contributed by atoms with Crippen LogP contribution >= 0.6 is 0 Å². The molecule has 0 radical (unpaired) electrons. The Bertz CT molecular complexity index is 390. The number of carbonyl (C=O) groups is 1. The largest absolute Gasteiger partial charge is 0.502 e. The van der Waals surface area contributed by atoms with Crippen LogP contribution in [0.5, 0.6) is 5.75 Å². The Balaban J connectivity index is 3.00.